The van der Waals surface area contributed by atoms with Gasteiger partial charge >= 0.3 is 0 Å². The zero-order valence-electron chi connectivity index (χ0n) is 12.2. The van der Waals surface area contributed by atoms with E-state index in [4.69, 9.17) is 10.2 Å². The number of carbonyl (C=O) groups excluding carboxylic acids is 1. The van der Waals surface area contributed by atoms with Gasteiger partial charge in [-0.1, -0.05) is 13.3 Å². The summed E-state index contributed by atoms with van der Waals surface area (Å²) in [5, 5.41) is 0. The third kappa shape index (κ3) is 3.85. The van der Waals surface area contributed by atoms with E-state index in [1.165, 1.54) is 0 Å². The molecular weight excluding hydrogens is 292 g/mol. The van der Waals surface area contributed by atoms with Gasteiger partial charge in [0.05, 0.1) is 18.1 Å². The van der Waals surface area contributed by atoms with Gasteiger partial charge in [-0.25, -0.2) is 8.42 Å². The summed E-state index contributed by atoms with van der Waals surface area (Å²) < 4.78 is 28.7. The fourth-order valence-electron chi connectivity index (χ4n) is 2.54. The number of hydrogen-bond acceptors (Lipinski definition) is 5. The van der Waals surface area contributed by atoms with Crippen LogP contribution >= 0.6 is 0 Å². The molecule has 0 aliphatic carbocycles. The number of unbranched alkanes of at least 4 members (excludes halogenated alkanes) is 1. The quantitative estimate of drug-likeness (QED) is 0.850. The summed E-state index contributed by atoms with van der Waals surface area (Å²) in [4.78, 5) is 14.2. The molecule has 6 nitrogen and oxygen atoms in total. The molecule has 1 aromatic heterocycles. The molecule has 0 aromatic carbocycles. The number of nitrogens with two attached hydrogens (primary N) is 1. The smallest absolute Gasteiger partial charge is 0.289 e. The molecule has 2 N–H and O–H groups in total. The van der Waals surface area contributed by atoms with Crippen molar-refractivity contribution in [2.75, 3.05) is 18.1 Å². The van der Waals surface area contributed by atoms with Crippen molar-refractivity contribution in [2.24, 2.45) is 5.73 Å². The first-order chi connectivity index (χ1) is 9.96. The van der Waals surface area contributed by atoms with Crippen molar-refractivity contribution in [3.05, 3.63) is 23.7 Å². The monoisotopic (exact) mass is 314 g/mol. The van der Waals surface area contributed by atoms with Gasteiger partial charge in [0.25, 0.3) is 5.91 Å². The van der Waals surface area contributed by atoms with Gasteiger partial charge in [-0.05, 0) is 25.0 Å². The van der Waals surface area contributed by atoms with Crippen molar-refractivity contribution in [2.45, 2.75) is 38.8 Å². The van der Waals surface area contributed by atoms with Crippen LogP contribution in [-0.2, 0) is 16.4 Å². The third-order valence-electron chi connectivity index (χ3n) is 3.74. The minimum absolute atomic E-state index is 0.0485. The average molecular weight is 314 g/mol. The molecule has 7 heteroatoms. The Labute approximate surface area is 125 Å². The van der Waals surface area contributed by atoms with Gasteiger partial charge in [-0.3, -0.25) is 4.79 Å². The summed E-state index contributed by atoms with van der Waals surface area (Å²) in [7, 11) is -3.03. The maximum atomic E-state index is 12.6. The molecule has 0 spiro atoms. The first-order valence-corrected chi connectivity index (χ1v) is 9.09. The van der Waals surface area contributed by atoms with E-state index in [-0.39, 0.29) is 35.8 Å². The van der Waals surface area contributed by atoms with Crippen LogP contribution in [0, 0.1) is 0 Å². The van der Waals surface area contributed by atoms with Gasteiger partial charge in [-0.2, -0.15) is 0 Å². The van der Waals surface area contributed by atoms with Crippen molar-refractivity contribution < 1.29 is 17.6 Å². The molecule has 1 aliphatic heterocycles. The molecule has 1 fully saturated rings. The number of nitrogens with zero attached hydrogens (tertiary/aromatic N) is 1. The van der Waals surface area contributed by atoms with Gasteiger partial charge < -0.3 is 15.1 Å². The molecule has 1 aliphatic rings. The number of furan rings is 1. The van der Waals surface area contributed by atoms with Crippen LogP contribution in [0.5, 0.6) is 0 Å². The predicted molar refractivity (Wildman–Crippen MR) is 79.6 cm³/mol. The molecule has 0 bridgehead atoms. The normalized spacial score (nSPS) is 20.6. The highest BCUT2D eigenvalue weighted by Gasteiger charge is 2.35. The summed E-state index contributed by atoms with van der Waals surface area (Å²) in [6.45, 7) is 2.82. The van der Waals surface area contributed by atoms with Gasteiger partial charge in [0, 0.05) is 12.6 Å². The number of amides is 1. The van der Waals surface area contributed by atoms with Crippen molar-refractivity contribution in [1.82, 2.24) is 4.90 Å². The van der Waals surface area contributed by atoms with Gasteiger partial charge in [-0.15, -0.1) is 0 Å². The summed E-state index contributed by atoms with van der Waals surface area (Å²) in [6.07, 6.45) is 2.28. The topological polar surface area (TPSA) is 93.6 Å². The molecule has 21 heavy (non-hydrogen) atoms. The highest BCUT2D eigenvalue weighted by molar-refractivity contribution is 7.91. The van der Waals surface area contributed by atoms with E-state index in [1.54, 1.807) is 17.0 Å². The Hall–Kier alpha value is -1.34. The SMILES string of the molecule is CCCCN(C(=O)c1ccc(CN)o1)C1CCS(=O)(=O)C1. The lowest BCUT2D eigenvalue weighted by Gasteiger charge is -2.27. The van der Waals surface area contributed by atoms with Gasteiger partial charge in [0.2, 0.25) is 0 Å². The minimum atomic E-state index is -3.03. The van der Waals surface area contributed by atoms with Crippen molar-refractivity contribution >= 4 is 15.7 Å². The second-order valence-electron chi connectivity index (χ2n) is 5.38. The molecule has 1 atom stereocenters. The van der Waals surface area contributed by atoms with Crippen molar-refractivity contribution in [3.63, 3.8) is 0 Å². The van der Waals surface area contributed by atoms with E-state index in [0.29, 0.717) is 18.7 Å². The Morgan fingerprint density at radius 2 is 2.24 bits per heavy atom. The highest BCUT2D eigenvalue weighted by atomic mass is 32.2. The summed E-state index contributed by atoms with van der Waals surface area (Å²) in [5.41, 5.74) is 5.48. The van der Waals surface area contributed by atoms with Crippen LogP contribution in [0.2, 0.25) is 0 Å². The van der Waals surface area contributed by atoms with Crippen LogP contribution in [0.15, 0.2) is 16.5 Å². The van der Waals surface area contributed by atoms with Crippen LogP contribution in [0.1, 0.15) is 42.5 Å². The van der Waals surface area contributed by atoms with Crippen LogP contribution in [-0.4, -0.2) is 43.3 Å². The maximum absolute atomic E-state index is 12.6. The Morgan fingerprint density at radius 3 is 2.76 bits per heavy atom. The lowest BCUT2D eigenvalue weighted by Crippen LogP contribution is -2.41. The maximum Gasteiger partial charge on any atom is 0.289 e. The van der Waals surface area contributed by atoms with Gasteiger partial charge in [0.15, 0.2) is 15.6 Å². The highest BCUT2D eigenvalue weighted by Crippen LogP contribution is 2.21. The zero-order valence-corrected chi connectivity index (χ0v) is 13.1. The molecule has 0 radical (unpaired) electrons. The Balaban J connectivity index is 2.17. The van der Waals surface area contributed by atoms with E-state index in [1.807, 2.05) is 6.92 Å². The molecule has 118 valence electrons. The molecular formula is C14H22N2O4S. The first-order valence-electron chi connectivity index (χ1n) is 7.27. The van der Waals surface area contributed by atoms with E-state index in [9.17, 15) is 13.2 Å². The van der Waals surface area contributed by atoms with Crippen LogP contribution in [0.25, 0.3) is 0 Å². The summed E-state index contributed by atoms with van der Waals surface area (Å²) in [6, 6.07) is 3.03. The fourth-order valence-corrected chi connectivity index (χ4v) is 4.27. The number of carbonyl (C=O) groups is 1. The van der Waals surface area contributed by atoms with Crippen LogP contribution in [0.3, 0.4) is 0 Å². The molecule has 1 unspecified atom stereocenters. The largest absolute Gasteiger partial charge is 0.455 e. The summed E-state index contributed by atoms with van der Waals surface area (Å²) >= 11 is 0. The molecule has 2 heterocycles. The summed E-state index contributed by atoms with van der Waals surface area (Å²) in [5.74, 6) is 0.737. The first kappa shape index (κ1) is 16.0. The average Bonchev–Trinajstić information content (AvgIpc) is 3.05. The lowest BCUT2D eigenvalue weighted by molar-refractivity contribution is 0.0659. The fraction of sp³-hybridized carbons (Fsp3) is 0.643. The Morgan fingerprint density at radius 1 is 1.48 bits per heavy atom. The predicted octanol–water partition coefficient (Wildman–Crippen LogP) is 1.17. The van der Waals surface area contributed by atoms with E-state index in [0.717, 1.165) is 12.8 Å². The molecule has 2 rings (SSSR count). The zero-order chi connectivity index (χ0) is 15.5. The second kappa shape index (κ2) is 6.62. The second-order valence-corrected chi connectivity index (χ2v) is 7.61. The Bertz CT molecular complexity index is 594. The van der Waals surface area contributed by atoms with E-state index >= 15 is 0 Å². The molecule has 1 saturated heterocycles. The van der Waals surface area contributed by atoms with Crippen molar-refractivity contribution in [3.8, 4) is 0 Å². The van der Waals surface area contributed by atoms with Crippen LogP contribution in [0.4, 0.5) is 0 Å². The number of hydrogen-bond donors (Lipinski definition) is 1. The standard InChI is InChI=1S/C14H22N2O4S/c1-2-3-7-16(11-6-8-21(18,19)10-11)14(17)13-5-4-12(9-15)20-13/h4-5,11H,2-3,6-10,15H2,1H3. The number of sulfone groups is 1. The molecule has 0 saturated carbocycles. The Kier molecular flexibility index (Phi) is 5.05. The van der Waals surface area contributed by atoms with Crippen LogP contribution < -0.4 is 5.73 Å². The van der Waals surface area contributed by atoms with E-state index in [2.05, 4.69) is 0 Å². The number of rotatable bonds is 6. The van der Waals surface area contributed by atoms with Gasteiger partial charge in [0.1, 0.15) is 5.76 Å². The lowest BCUT2D eigenvalue weighted by atomic mass is 10.2. The van der Waals surface area contributed by atoms with E-state index < -0.39 is 9.84 Å². The van der Waals surface area contributed by atoms with Crippen molar-refractivity contribution in [1.29, 1.82) is 0 Å². The molecule has 1 amide bonds. The molecule has 1 aromatic rings. The minimum Gasteiger partial charge on any atom is -0.455 e. The third-order valence-corrected chi connectivity index (χ3v) is 5.49.